The zero-order chi connectivity index (χ0) is 18.6. The third kappa shape index (κ3) is 4.66. The van der Waals surface area contributed by atoms with Gasteiger partial charge in [0.15, 0.2) is 5.13 Å². The number of thiazole rings is 1. The monoisotopic (exact) mass is 384 g/mol. The van der Waals surface area contributed by atoms with Gasteiger partial charge in [0.2, 0.25) is 5.91 Å². The Labute approximate surface area is 163 Å². The van der Waals surface area contributed by atoms with Gasteiger partial charge in [-0.1, -0.05) is 41.7 Å². The Kier molecular flexibility index (Phi) is 5.38. The molecule has 6 nitrogen and oxygen atoms in total. The molecule has 1 aliphatic heterocycles. The topological polar surface area (TPSA) is 74.3 Å². The van der Waals surface area contributed by atoms with Crippen LogP contribution in [-0.4, -0.2) is 34.9 Å². The van der Waals surface area contributed by atoms with Gasteiger partial charge in [0, 0.05) is 30.3 Å². The smallest absolute Gasteiger partial charge is 0.317 e. The van der Waals surface area contributed by atoms with Gasteiger partial charge in [-0.05, 0) is 31.2 Å². The first-order chi connectivity index (χ1) is 13.2. The summed E-state index contributed by atoms with van der Waals surface area (Å²) in [5, 5.41) is 6.60. The Bertz CT molecular complexity index is 817. The largest absolute Gasteiger partial charge is 0.338 e. The molecule has 2 N–H and O–H groups in total. The summed E-state index contributed by atoms with van der Waals surface area (Å²) in [5.41, 5.74) is 2.30. The summed E-state index contributed by atoms with van der Waals surface area (Å²) in [5.74, 6) is 0.248. The lowest BCUT2D eigenvalue weighted by molar-refractivity contribution is -0.117. The van der Waals surface area contributed by atoms with Gasteiger partial charge in [-0.15, -0.1) is 0 Å². The maximum Gasteiger partial charge on any atom is 0.317 e. The maximum atomic E-state index is 12.4. The van der Waals surface area contributed by atoms with Gasteiger partial charge < -0.3 is 15.5 Å². The van der Waals surface area contributed by atoms with E-state index in [4.69, 9.17) is 0 Å². The molecule has 27 heavy (non-hydrogen) atoms. The highest BCUT2D eigenvalue weighted by Crippen LogP contribution is 2.32. The third-order valence-corrected chi connectivity index (χ3v) is 5.96. The quantitative estimate of drug-likeness (QED) is 0.751. The van der Waals surface area contributed by atoms with E-state index in [0.29, 0.717) is 24.8 Å². The van der Waals surface area contributed by atoms with Gasteiger partial charge in [0.25, 0.3) is 0 Å². The van der Waals surface area contributed by atoms with Gasteiger partial charge in [-0.2, -0.15) is 0 Å². The molecule has 1 aliphatic carbocycles. The lowest BCUT2D eigenvalue weighted by Crippen LogP contribution is -2.42. The highest BCUT2D eigenvalue weighted by molar-refractivity contribution is 7.15. The van der Waals surface area contributed by atoms with E-state index in [1.54, 1.807) is 0 Å². The van der Waals surface area contributed by atoms with E-state index in [1.807, 2.05) is 23.1 Å². The van der Waals surface area contributed by atoms with E-state index >= 15 is 0 Å². The number of urea groups is 1. The second-order valence-corrected chi connectivity index (χ2v) is 8.23. The zero-order valence-electron chi connectivity index (χ0n) is 15.2. The number of carbonyl (C=O) groups is 2. The van der Waals surface area contributed by atoms with Crippen molar-refractivity contribution in [3.63, 3.8) is 0 Å². The van der Waals surface area contributed by atoms with Crippen LogP contribution in [0.2, 0.25) is 0 Å². The highest BCUT2D eigenvalue weighted by atomic mass is 32.1. The van der Waals surface area contributed by atoms with Crippen LogP contribution in [0.15, 0.2) is 30.3 Å². The molecule has 2 heterocycles. The number of nitrogens with one attached hydrogen (secondary N) is 2. The van der Waals surface area contributed by atoms with E-state index < -0.39 is 0 Å². The standard InChI is InChI=1S/C20H24N4O2S/c25-18(15-8-9-15)23-19-22-16-10-12-24(13-17(16)27-19)20(26)21-11-4-7-14-5-2-1-3-6-14/h1-3,5-6,15H,4,7-13H2,(H,21,26)(H,22,23,25). The number of anilines is 1. The maximum absolute atomic E-state index is 12.4. The molecule has 0 bridgehead atoms. The summed E-state index contributed by atoms with van der Waals surface area (Å²) in [6, 6.07) is 10.3. The fourth-order valence-corrected chi connectivity index (χ4v) is 4.25. The molecule has 1 saturated carbocycles. The summed E-state index contributed by atoms with van der Waals surface area (Å²) < 4.78 is 0. The fraction of sp³-hybridized carbons (Fsp3) is 0.450. The number of amides is 3. The average molecular weight is 385 g/mol. The average Bonchev–Trinajstić information content (AvgIpc) is 3.46. The first kappa shape index (κ1) is 18.0. The third-order valence-electron chi connectivity index (χ3n) is 4.96. The summed E-state index contributed by atoms with van der Waals surface area (Å²) in [4.78, 5) is 31.8. The van der Waals surface area contributed by atoms with Crippen LogP contribution in [0, 0.1) is 5.92 Å². The highest BCUT2D eigenvalue weighted by Gasteiger charge is 2.31. The fourth-order valence-electron chi connectivity index (χ4n) is 3.22. The van der Waals surface area contributed by atoms with Crippen molar-refractivity contribution in [3.8, 4) is 0 Å². The van der Waals surface area contributed by atoms with Crippen molar-refractivity contribution < 1.29 is 9.59 Å². The molecule has 1 aromatic heterocycles. The molecule has 0 atom stereocenters. The normalized spacial score (nSPS) is 15.9. The summed E-state index contributed by atoms with van der Waals surface area (Å²) in [6.07, 6.45) is 4.59. The second kappa shape index (κ2) is 8.08. The first-order valence-corrected chi connectivity index (χ1v) is 10.4. The lowest BCUT2D eigenvalue weighted by atomic mass is 10.1. The van der Waals surface area contributed by atoms with E-state index in [0.717, 1.165) is 42.7 Å². The molecular formula is C20H24N4O2S. The molecule has 0 radical (unpaired) electrons. The number of fused-ring (bicyclic) bond motifs is 1. The minimum absolute atomic E-state index is 0.0225. The molecule has 3 amide bonds. The van der Waals surface area contributed by atoms with E-state index in [-0.39, 0.29) is 17.9 Å². The molecule has 0 saturated heterocycles. The molecule has 142 valence electrons. The Hall–Kier alpha value is -2.41. The predicted molar refractivity (Wildman–Crippen MR) is 106 cm³/mol. The van der Waals surface area contributed by atoms with Gasteiger partial charge in [-0.3, -0.25) is 4.79 Å². The van der Waals surface area contributed by atoms with Crippen LogP contribution in [0.5, 0.6) is 0 Å². The molecule has 1 aromatic carbocycles. The summed E-state index contributed by atoms with van der Waals surface area (Å²) in [7, 11) is 0. The van der Waals surface area contributed by atoms with Crippen LogP contribution in [0.25, 0.3) is 0 Å². The van der Waals surface area contributed by atoms with Crippen molar-refractivity contribution in [1.82, 2.24) is 15.2 Å². The predicted octanol–water partition coefficient (Wildman–Crippen LogP) is 3.19. The number of aromatic nitrogens is 1. The van der Waals surface area contributed by atoms with Gasteiger partial charge in [-0.25, -0.2) is 9.78 Å². The Morgan fingerprint density at radius 3 is 2.81 bits per heavy atom. The number of benzene rings is 1. The first-order valence-electron chi connectivity index (χ1n) is 9.55. The van der Waals surface area contributed by atoms with Crippen molar-refractivity contribution in [1.29, 1.82) is 0 Å². The molecule has 0 unspecified atom stereocenters. The van der Waals surface area contributed by atoms with E-state index in [1.165, 1.54) is 16.9 Å². The number of aryl methyl sites for hydroxylation is 1. The molecule has 2 aromatic rings. The summed E-state index contributed by atoms with van der Waals surface area (Å²) in [6.45, 7) is 1.90. The number of carbonyl (C=O) groups excluding carboxylic acids is 2. The number of rotatable bonds is 6. The zero-order valence-corrected chi connectivity index (χ0v) is 16.1. The van der Waals surface area contributed by atoms with Crippen LogP contribution in [0.3, 0.4) is 0 Å². The number of nitrogens with zero attached hydrogens (tertiary/aromatic N) is 2. The van der Waals surface area contributed by atoms with E-state index in [9.17, 15) is 9.59 Å². The number of hydrogen-bond donors (Lipinski definition) is 2. The summed E-state index contributed by atoms with van der Waals surface area (Å²) >= 11 is 1.49. The molecule has 1 fully saturated rings. The molecule has 2 aliphatic rings. The SMILES string of the molecule is O=C(Nc1nc2c(s1)CN(C(=O)NCCCc1ccccc1)CC2)C1CC1. The minimum atomic E-state index is -0.0225. The Morgan fingerprint density at radius 2 is 2.04 bits per heavy atom. The molecule has 0 spiro atoms. The van der Waals surface area contributed by atoms with Crippen molar-refractivity contribution in [2.24, 2.45) is 5.92 Å². The molecule has 7 heteroatoms. The van der Waals surface area contributed by atoms with Crippen molar-refractivity contribution in [2.75, 3.05) is 18.4 Å². The Morgan fingerprint density at radius 1 is 1.22 bits per heavy atom. The van der Waals surface area contributed by atoms with E-state index in [2.05, 4.69) is 27.8 Å². The van der Waals surface area contributed by atoms with Crippen molar-refractivity contribution >= 4 is 28.4 Å². The van der Waals surface area contributed by atoms with Crippen LogP contribution in [0.1, 0.15) is 35.4 Å². The van der Waals surface area contributed by atoms with Crippen molar-refractivity contribution in [3.05, 3.63) is 46.5 Å². The molecular weight excluding hydrogens is 360 g/mol. The van der Waals surface area contributed by atoms with Crippen LogP contribution >= 0.6 is 11.3 Å². The Balaban J connectivity index is 1.24. The van der Waals surface area contributed by atoms with Crippen molar-refractivity contribution in [2.45, 2.75) is 38.6 Å². The van der Waals surface area contributed by atoms with Crippen LogP contribution in [-0.2, 0) is 24.2 Å². The van der Waals surface area contributed by atoms with Crippen LogP contribution in [0.4, 0.5) is 9.93 Å². The second-order valence-electron chi connectivity index (χ2n) is 7.15. The minimum Gasteiger partial charge on any atom is -0.338 e. The molecule has 4 rings (SSSR count). The number of hydrogen-bond acceptors (Lipinski definition) is 4. The van der Waals surface area contributed by atoms with Crippen LogP contribution < -0.4 is 10.6 Å². The van der Waals surface area contributed by atoms with Gasteiger partial charge in [0.1, 0.15) is 0 Å². The van der Waals surface area contributed by atoms with Gasteiger partial charge >= 0.3 is 6.03 Å². The van der Waals surface area contributed by atoms with Gasteiger partial charge in [0.05, 0.1) is 12.2 Å². The lowest BCUT2D eigenvalue weighted by Gasteiger charge is -2.26.